The molecule has 1 unspecified atom stereocenters. The predicted molar refractivity (Wildman–Crippen MR) is 96.8 cm³/mol. The molecule has 3 atom stereocenters. The van der Waals surface area contributed by atoms with Crippen molar-refractivity contribution in [2.45, 2.75) is 36.1 Å². The quantitative estimate of drug-likeness (QED) is 0.167. The van der Waals surface area contributed by atoms with Crippen molar-refractivity contribution in [3.8, 4) is 0 Å². The van der Waals surface area contributed by atoms with E-state index < -0.39 is 16.9 Å². The molecular weight excluding hydrogens is 447 g/mol. The summed E-state index contributed by atoms with van der Waals surface area (Å²) in [6.45, 7) is 2.01. The molecule has 7 nitrogen and oxygen atoms in total. The zero-order chi connectivity index (χ0) is 17.5. The van der Waals surface area contributed by atoms with Crippen LogP contribution in [0.1, 0.15) is 18.9 Å². The van der Waals surface area contributed by atoms with Crippen LogP contribution in [0.4, 0.5) is 5.69 Å². The number of nitro benzene ring substituents is 1. The SMILES string of the molecule is C[C@@]1(CI)SC2CC(=O)N2[C@H]1C(=O)OCc1ccc([N+](=O)[O-])cc1. The number of benzene rings is 1. The lowest BCUT2D eigenvalue weighted by Gasteiger charge is -2.37. The van der Waals surface area contributed by atoms with Gasteiger partial charge in [-0.05, 0) is 24.6 Å². The Morgan fingerprint density at radius 2 is 2.17 bits per heavy atom. The van der Waals surface area contributed by atoms with Crippen molar-refractivity contribution >= 4 is 51.9 Å². The Morgan fingerprint density at radius 1 is 1.50 bits per heavy atom. The average molecular weight is 462 g/mol. The molecule has 128 valence electrons. The topological polar surface area (TPSA) is 89.8 Å². The Hall–Kier alpha value is -1.36. The second kappa shape index (κ2) is 6.51. The van der Waals surface area contributed by atoms with E-state index in [9.17, 15) is 19.7 Å². The van der Waals surface area contributed by atoms with Gasteiger partial charge in [0.05, 0.1) is 21.5 Å². The van der Waals surface area contributed by atoms with Crippen LogP contribution in [0.2, 0.25) is 0 Å². The van der Waals surface area contributed by atoms with Gasteiger partial charge >= 0.3 is 5.97 Å². The molecule has 9 heteroatoms. The lowest BCUT2D eigenvalue weighted by molar-refractivity contribution is -0.384. The summed E-state index contributed by atoms with van der Waals surface area (Å²) < 4.78 is 5.76. The number of nitrogens with zero attached hydrogens (tertiary/aromatic N) is 2. The number of alkyl halides is 1. The van der Waals surface area contributed by atoms with Gasteiger partial charge in [-0.1, -0.05) is 22.6 Å². The molecule has 0 aliphatic carbocycles. The number of hydrogen-bond donors (Lipinski definition) is 0. The number of ether oxygens (including phenoxy) is 1. The Morgan fingerprint density at radius 3 is 2.71 bits per heavy atom. The third-order valence-electron chi connectivity index (χ3n) is 4.23. The molecule has 2 heterocycles. The van der Waals surface area contributed by atoms with E-state index in [0.717, 1.165) is 4.43 Å². The minimum absolute atomic E-state index is 0.0104. The average Bonchev–Trinajstić information content (AvgIpc) is 2.81. The highest BCUT2D eigenvalue weighted by atomic mass is 127. The number of amides is 1. The van der Waals surface area contributed by atoms with E-state index in [1.165, 1.54) is 12.1 Å². The van der Waals surface area contributed by atoms with Crippen LogP contribution in [-0.2, 0) is 20.9 Å². The summed E-state index contributed by atoms with van der Waals surface area (Å²) >= 11 is 3.88. The molecule has 2 aliphatic heterocycles. The van der Waals surface area contributed by atoms with Gasteiger partial charge in [0.2, 0.25) is 5.91 Å². The maximum Gasteiger partial charge on any atom is 0.330 e. The molecule has 0 N–H and O–H groups in total. The third kappa shape index (κ3) is 2.99. The molecule has 1 aromatic rings. The van der Waals surface area contributed by atoms with Crippen LogP contribution in [0.15, 0.2) is 24.3 Å². The number of nitro groups is 1. The standard InChI is InChI=1S/C15H15IN2O5S/c1-15(8-16)13(17-11(19)6-12(17)24-15)14(20)23-7-9-2-4-10(5-3-9)18(21)22/h2-5,12-13H,6-8H2,1H3/t12?,13-,15-/m0/s1. The maximum atomic E-state index is 12.6. The molecule has 0 spiro atoms. The van der Waals surface area contributed by atoms with Crippen LogP contribution >= 0.6 is 34.4 Å². The highest BCUT2D eigenvalue weighted by Gasteiger charge is 2.60. The number of non-ortho nitro benzene ring substituents is 1. The molecule has 0 bridgehead atoms. The smallest absolute Gasteiger partial charge is 0.330 e. The molecule has 2 aliphatic rings. The lowest BCUT2D eigenvalue weighted by Crippen LogP contribution is -2.58. The van der Waals surface area contributed by atoms with E-state index in [2.05, 4.69) is 22.6 Å². The minimum Gasteiger partial charge on any atom is -0.459 e. The first-order valence-corrected chi connectivity index (χ1v) is 9.71. The van der Waals surface area contributed by atoms with E-state index in [0.29, 0.717) is 12.0 Å². The van der Waals surface area contributed by atoms with Crippen LogP contribution in [0.25, 0.3) is 0 Å². The van der Waals surface area contributed by atoms with Crippen LogP contribution in [-0.4, -0.2) is 42.3 Å². The molecule has 0 saturated carbocycles. The van der Waals surface area contributed by atoms with E-state index in [1.807, 2.05) is 6.92 Å². The van der Waals surface area contributed by atoms with Gasteiger partial charge in [0.1, 0.15) is 12.6 Å². The molecule has 24 heavy (non-hydrogen) atoms. The third-order valence-corrected chi connectivity index (χ3v) is 7.90. The van der Waals surface area contributed by atoms with Gasteiger partial charge < -0.3 is 9.64 Å². The summed E-state index contributed by atoms with van der Waals surface area (Å²) in [6.07, 6.45) is 0.475. The molecule has 1 amide bonds. The number of carbonyl (C=O) groups excluding carboxylic acids is 2. The van der Waals surface area contributed by atoms with Crippen molar-refractivity contribution in [2.75, 3.05) is 4.43 Å². The van der Waals surface area contributed by atoms with Crippen molar-refractivity contribution in [2.24, 2.45) is 0 Å². The fourth-order valence-corrected chi connectivity index (χ4v) is 5.45. The second-order valence-electron chi connectivity index (χ2n) is 5.96. The fraction of sp³-hybridized carbons (Fsp3) is 0.467. The summed E-state index contributed by atoms with van der Waals surface area (Å²) in [7, 11) is 0. The van der Waals surface area contributed by atoms with Crippen LogP contribution < -0.4 is 0 Å². The van der Waals surface area contributed by atoms with E-state index in [-0.39, 0.29) is 28.3 Å². The monoisotopic (exact) mass is 462 g/mol. The van der Waals surface area contributed by atoms with Crippen LogP contribution in [0, 0.1) is 10.1 Å². The zero-order valence-electron chi connectivity index (χ0n) is 12.8. The Balaban J connectivity index is 1.67. The fourth-order valence-electron chi connectivity index (χ4n) is 2.89. The van der Waals surface area contributed by atoms with Crippen LogP contribution in [0.3, 0.4) is 0 Å². The number of hydrogen-bond acceptors (Lipinski definition) is 6. The number of esters is 1. The van der Waals surface area contributed by atoms with Gasteiger partial charge in [-0.25, -0.2) is 4.79 Å². The molecule has 1 aromatic carbocycles. The minimum atomic E-state index is -0.580. The largest absolute Gasteiger partial charge is 0.459 e. The molecule has 3 rings (SSSR count). The van der Waals surface area contributed by atoms with Gasteiger partial charge in [-0.2, -0.15) is 0 Å². The summed E-state index contributed by atoms with van der Waals surface area (Å²) in [5.74, 6) is -0.436. The van der Waals surface area contributed by atoms with Gasteiger partial charge in [0, 0.05) is 16.6 Å². The predicted octanol–water partition coefficient (Wildman–Crippen LogP) is 2.51. The highest BCUT2D eigenvalue weighted by molar-refractivity contribution is 14.1. The van der Waals surface area contributed by atoms with Crippen molar-refractivity contribution in [1.29, 1.82) is 0 Å². The van der Waals surface area contributed by atoms with Crippen LogP contribution in [0.5, 0.6) is 0 Å². The number of halogens is 1. The van der Waals surface area contributed by atoms with Gasteiger partial charge in [0.25, 0.3) is 5.69 Å². The molecule has 0 aromatic heterocycles. The van der Waals surface area contributed by atoms with Crippen molar-refractivity contribution in [1.82, 2.24) is 4.90 Å². The summed E-state index contributed by atoms with van der Waals surface area (Å²) in [6, 6.07) is 5.29. The second-order valence-corrected chi connectivity index (χ2v) is 8.43. The maximum absolute atomic E-state index is 12.6. The van der Waals surface area contributed by atoms with Gasteiger partial charge in [-0.15, -0.1) is 11.8 Å². The van der Waals surface area contributed by atoms with Gasteiger partial charge in [0.15, 0.2) is 0 Å². The Kier molecular flexibility index (Phi) is 4.73. The zero-order valence-corrected chi connectivity index (χ0v) is 15.8. The number of β-lactam (4-membered cyclic amide) rings is 1. The molecular formula is C15H15IN2O5S. The van der Waals surface area contributed by atoms with E-state index in [1.54, 1.807) is 28.8 Å². The molecule has 2 saturated heterocycles. The summed E-state index contributed by atoms with van der Waals surface area (Å²) in [5, 5.41) is 10.7. The number of carbonyl (C=O) groups is 2. The first-order valence-electron chi connectivity index (χ1n) is 7.30. The molecule has 0 radical (unpaired) electrons. The number of fused-ring (bicyclic) bond motifs is 1. The summed E-state index contributed by atoms with van der Waals surface area (Å²) in [5.41, 5.74) is 0.658. The first kappa shape index (κ1) is 17.5. The normalized spacial score (nSPS) is 28.2. The van der Waals surface area contributed by atoms with E-state index >= 15 is 0 Å². The Bertz CT molecular complexity index is 698. The number of rotatable bonds is 5. The Labute approximate surface area is 156 Å². The summed E-state index contributed by atoms with van der Waals surface area (Å²) in [4.78, 5) is 36.2. The number of thioether (sulfide) groups is 1. The van der Waals surface area contributed by atoms with E-state index in [4.69, 9.17) is 4.74 Å². The highest BCUT2D eigenvalue weighted by Crippen LogP contribution is 2.51. The first-order chi connectivity index (χ1) is 11.4. The van der Waals surface area contributed by atoms with Crippen molar-refractivity contribution in [3.63, 3.8) is 0 Å². The van der Waals surface area contributed by atoms with Crippen molar-refractivity contribution < 1.29 is 19.2 Å². The lowest BCUT2D eigenvalue weighted by atomic mass is 9.98. The molecule has 2 fully saturated rings. The van der Waals surface area contributed by atoms with Gasteiger partial charge in [-0.3, -0.25) is 14.9 Å². The van der Waals surface area contributed by atoms with Crippen molar-refractivity contribution in [3.05, 3.63) is 39.9 Å².